The molecule has 2 heterocycles. The summed E-state index contributed by atoms with van der Waals surface area (Å²) >= 11 is 0.911. The first-order valence-corrected chi connectivity index (χ1v) is 10.0. The largest absolute Gasteiger partial charge is 0.497 e. The molecule has 1 saturated heterocycles. The Morgan fingerprint density at radius 2 is 1.53 bits per heavy atom. The van der Waals surface area contributed by atoms with Crippen LogP contribution in [-0.4, -0.2) is 30.3 Å². The SMILES string of the molecule is COc1ccc(CN2C(=O)SC(=Cc3ccc(-c4ccc(OC)cc4)o3)C2=O)cc1. The molecular formula is C23H19NO5S. The fraction of sp³-hybridized carbons (Fsp3) is 0.130. The Balaban J connectivity index is 1.49. The number of methoxy groups -OCH3 is 2. The third-order valence-corrected chi connectivity index (χ3v) is 5.56. The van der Waals surface area contributed by atoms with Crippen LogP contribution in [0.4, 0.5) is 4.79 Å². The molecule has 4 rings (SSSR count). The van der Waals surface area contributed by atoms with E-state index in [4.69, 9.17) is 13.9 Å². The molecule has 3 aromatic rings. The molecule has 0 saturated carbocycles. The van der Waals surface area contributed by atoms with Gasteiger partial charge in [-0.3, -0.25) is 14.5 Å². The molecule has 0 spiro atoms. The van der Waals surface area contributed by atoms with Crippen LogP contribution in [0.2, 0.25) is 0 Å². The van der Waals surface area contributed by atoms with Gasteiger partial charge in [0.2, 0.25) is 0 Å². The van der Waals surface area contributed by atoms with E-state index in [0.717, 1.165) is 34.4 Å². The molecule has 1 aliphatic rings. The number of ether oxygens (including phenoxy) is 2. The number of carbonyl (C=O) groups excluding carboxylic acids is 2. The van der Waals surface area contributed by atoms with Gasteiger partial charge in [0.1, 0.15) is 23.0 Å². The van der Waals surface area contributed by atoms with E-state index in [1.54, 1.807) is 38.5 Å². The minimum absolute atomic E-state index is 0.210. The number of furan rings is 1. The number of thioether (sulfide) groups is 1. The molecule has 7 heteroatoms. The van der Waals surface area contributed by atoms with Crippen LogP contribution in [0.3, 0.4) is 0 Å². The predicted molar refractivity (Wildman–Crippen MR) is 115 cm³/mol. The van der Waals surface area contributed by atoms with Gasteiger partial charge in [-0.25, -0.2) is 0 Å². The number of amides is 2. The van der Waals surface area contributed by atoms with Gasteiger partial charge >= 0.3 is 0 Å². The molecule has 152 valence electrons. The zero-order valence-corrected chi connectivity index (χ0v) is 17.3. The van der Waals surface area contributed by atoms with Crippen molar-refractivity contribution < 1.29 is 23.5 Å². The van der Waals surface area contributed by atoms with Crippen molar-refractivity contribution in [1.82, 2.24) is 4.90 Å². The Morgan fingerprint density at radius 1 is 0.900 bits per heavy atom. The lowest BCUT2D eigenvalue weighted by atomic mass is 10.2. The van der Waals surface area contributed by atoms with Gasteiger partial charge in [0.25, 0.3) is 11.1 Å². The van der Waals surface area contributed by atoms with Gasteiger partial charge in [-0.05, 0) is 65.9 Å². The highest BCUT2D eigenvalue weighted by molar-refractivity contribution is 8.18. The first-order chi connectivity index (χ1) is 14.6. The number of hydrogen-bond acceptors (Lipinski definition) is 6. The highest BCUT2D eigenvalue weighted by Crippen LogP contribution is 2.34. The van der Waals surface area contributed by atoms with E-state index in [1.165, 1.54) is 4.90 Å². The summed E-state index contributed by atoms with van der Waals surface area (Å²) < 4.78 is 16.1. The van der Waals surface area contributed by atoms with Crippen molar-refractivity contribution in [2.45, 2.75) is 6.54 Å². The zero-order chi connectivity index (χ0) is 21.1. The second-order valence-corrected chi connectivity index (χ2v) is 7.54. The van der Waals surface area contributed by atoms with Crippen LogP contribution in [0.5, 0.6) is 11.5 Å². The Morgan fingerprint density at radius 3 is 2.17 bits per heavy atom. The van der Waals surface area contributed by atoms with Crippen LogP contribution in [0.25, 0.3) is 17.4 Å². The number of carbonyl (C=O) groups is 2. The molecule has 0 N–H and O–H groups in total. The lowest BCUT2D eigenvalue weighted by Crippen LogP contribution is -2.27. The van der Waals surface area contributed by atoms with E-state index in [-0.39, 0.29) is 17.7 Å². The van der Waals surface area contributed by atoms with Crippen LogP contribution >= 0.6 is 11.8 Å². The summed E-state index contributed by atoms with van der Waals surface area (Å²) in [6.07, 6.45) is 1.60. The molecule has 6 nitrogen and oxygen atoms in total. The smallest absolute Gasteiger partial charge is 0.293 e. The van der Waals surface area contributed by atoms with Crippen LogP contribution in [-0.2, 0) is 11.3 Å². The summed E-state index contributed by atoms with van der Waals surface area (Å²) in [5, 5.41) is -0.302. The van der Waals surface area contributed by atoms with Crippen molar-refractivity contribution in [2.24, 2.45) is 0 Å². The monoisotopic (exact) mass is 421 g/mol. The standard InChI is InChI=1S/C23H19NO5S/c1-27-17-7-3-15(4-8-17)14-24-22(25)21(30-23(24)26)13-19-11-12-20(29-19)16-5-9-18(28-2)10-6-16/h3-13H,14H2,1-2H3. The number of nitrogens with zero attached hydrogens (tertiary/aromatic N) is 1. The number of rotatable bonds is 6. The van der Waals surface area contributed by atoms with E-state index < -0.39 is 0 Å². The third-order valence-electron chi connectivity index (χ3n) is 4.65. The van der Waals surface area contributed by atoms with Gasteiger partial charge in [-0.1, -0.05) is 12.1 Å². The van der Waals surface area contributed by atoms with Crippen molar-refractivity contribution in [3.8, 4) is 22.8 Å². The molecule has 1 aliphatic heterocycles. The highest BCUT2D eigenvalue weighted by Gasteiger charge is 2.35. The molecule has 2 amide bonds. The summed E-state index contributed by atoms with van der Waals surface area (Å²) in [6.45, 7) is 0.210. The third kappa shape index (κ3) is 4.11. The molecule has 30 heavy (non-hydrogen) atoms. The molecule has 2 aromatic carbocycles. The van der Waals surface area contributed by atoms with Gasteiger partial charge in [-0.2, -0.15) is 0 Å². The maximum atomic E-state index is 12.7. The van der Waals surface area contributed by atoms with E-state index in [9.17, 15) is 9.59 Å². The Bertz CT molecular complexity index is 1100. The molecule has 0 bridgehead atoms. The average Bonchev–Trinajstić information content (AvgIpc) is 3.35. The van der Waals surface area contributed by atoms with Gasteiger partial charge in [0.05, 0.1) is 25.7 Å². The second-order valence-electron chi connectivity index (χ2n) is 6.55. The summed E-state index contributed by atoms with van der Waals surface area (Å²) in [6, 6.07) is 18.4. The van der Waals surface area contributed by atoms with Crippen molar-refractivity contribution in [2.75, 3.05) is 14.2 Å². The predicted octanol–water partition coefficient (Wildman–Crippen LogP) is 5.20. The maximum Gasteiger partial charge on any atom is 0.293 e. The van der Waals surface area contributed by atoms with Crippen molar-refractivity contribution in [3.05, 3.63) is 76.9 Å². The highest BCUT2D eigenvalue weighted by atomic mass is 32.2. The first-order valence-electron chi connectivity index (χ1n) is 9.20. The van der Waals surface area contributed by atoms with Crippen molar-refractivity contribution >= 4 is 29.0 Å². The summed E-state index contributed by atoms with van der Waals surface area (Å²) in [7, 11) is 3.20. The van der Waals surface area contributed by atoms with Crippen LogP contribution in [0.1, 0.15) is 11.3 Å². The van der Waals surface area contributed by atoms with Gasteiger partial charge < -0.3 is 13.9 Å². The molecule has 0 unspecified atom stereocenters. The maximum absolute atomic E-state index is 12.7. The lowest BCUT2D eigenvalue weighted by Gasteiger charge is -2.12. The van der Waals surface area contributed by atoms with E-state index in [0.29, 0.717) is 16.4 Å². The lowest BCUT2D eigenvalue weighted by molar-refractivity contribution is -0.123. The number of benzene rings is 2. The van der Waals surface area contributed by atoms with Gasteiger partial charge in [0.15, 0.2) is 0 Å². The van der Waals surface area contributed by atoms with Gasteiger partial charge in [0, 0.05) is 11.6 Å². The fourth-order valence-corrected chi connectivity index (χ4v) is 3.84. The quantitative estimate of drug-likeness (QED) is 0.510. The minimum Gasteiger partial charge on any atom is -0.497 e. The Kier molecular flexibility index (Phi) is 5.63. The molecular weight excluding hydrogens is 402 g/mol. The van der Waals surface area contributed by atoms with E-state index >= 15 is 0 Å². The molecule has 1 fully saturated rings. The minimum atomic E-state index is -0.330. The van der Waals surface area contributed by atoms with E-state index in [2.05, 4.69) is 0 Å². The molecule has 0 radical (unpaired) electrons. The summed E-state index contributed by atoms with van der Waals surface area (Å²) in [4.78, 5) is 26.7. The van der Waals surface area contributed by atoms with Crippen LogP contribution in [0.15, 0.2) is 70.0 Å². The van der Waals surface area contributed by atoms with Crippen LogP contribution < -0.4 is 9.47 Å². The van der Waals surface area contributed by atoms with Crippen LogP contribution in [0, 0.1) is 0 Å². The van der Waals surface area contributed by atoms with Crippen molar-refractivity contribution in [3.63, 3.8) is 0 Å². The van der Waals surface area contributed by atoms with Crippen molar-refractivity contribution in [1.29, 1.82) is 0 Å². The van der Waals surface area contributed by atoms with Gasteiger partial charge in [-0.15, -0.1) is 0 Å². The second kappa shape index (κ2) is 8.51. The summed E-state index contributed by atoms with van der Waals surface area (Å²) in [5.74, 6) is 2.33. The average molecular weight is 421 g/mol. The molecule has 0 atom stereocenters. The topological polar surface area (TPSA) is 69.0 Å². The Hall–Kier alpha value is -3.45. The summed E-state index contributed by atoms with van der Waals surface area (Å²) in [5.41, 5.74) is 1.74. The molecule has 1 aromatic heterocycles. The zero-order valence-electron chi connectivity index (χ0n) is 16.5. The number of hydrogen-bond donors (Lipinski definition) is 0. The number of imide groups is 1. The normalized spacial score (nSPS) is 15.1. The molecule has 0 aliphatic carbocycles. The fourth-order valence-electron chi connectivity index (χ4n) is 3.02. The van der Waals surface area contributed by atoms with E-state index in [1.807, 2.05) is 42.5 Å². The Labute approximate surface area is 178 Å². The first kappa shape index (κ1) is 19.8.